The molecule has 3 rings (SSSR count). The van der Waals surface area contributed by atoms with E-state index in [9.17, 15) is 8.42 Å². The molecule has 0 aliphatic rings. The summed E-state index contributed by atoms with van der Waals surface area (Å²) in [6.45, 7) is 6.20. The maximum absolute atomic E-state index is 12.4. The topological polar surface area (TPSA) is 72.2 Å². The van der Waals surface area contributed by atoms with Crippen LogP contribution in [0.25, 0.3) is 10.6 Å². The Hall–Kier alpha value is -1.48. The van der Waals surface area contributed by atoms with E-state index in [2.05, 4.69) is 9.88 Å². The van der Waals surface area contributed by atoms with E-state index in [0.29, 0.717) is 18.7 Å². The predicted octanol–water partition coefficient (Wildman–Crippen LogP) is 3.91. The molecule has 3 aromatic rings. The van der Waals surface area contributed by atoms with Crippen molar-refractivity contribution in [3.8, 4) is 10.6 Å². The van der Waals surface area contributed by atoms with Gasteiger partial charge in [0.1, 0.15) is 4.21 Å². The standard InChI is InChI=1S/C16H18N2O3S3/c1-10-7-9-22-13(10)6-8-17-24(19,20)15-5-4-14(23-15)16-11(2)12(3)18-21-16/h4-5,7,9,17H,6,8H2,1-3H3. The number of nitrogens with one attached hydrogen (secondary N) is 1. The molecule has 0 amide bonds. The predicted molar refractivity (Wildman–Crippen MR) is 97.2 cm³/mol. The highest BCUT2D eigenvalue weighted by Gasteiger charge is 2.20. The first-order valence-electron chi connectivity index (χ1n) is 7.44. The molecule has 0 atom stereocenters. The van der Waals surface area contributed by atoms with Crippen LogP contribution in [0.15, 0.2) is 32.3 Å². The molecule has 0 saturated carbocycles. The van der Waals surface area contributed by atoms with Crippen LogP contribution in [0.1, 0.15) is 21.7 Å². The van der Waals surface area contributed by atoms with Gasteiger partial charge in [-0.2, -0.15) is 0 Å². The molecule has 0 aliphatic heterocycles. The summed E-state index contributed by atoms with van der Waals surface area (Å²) in [7, 11) is -3.51. The number of hydrogen-bond donors (Lipinski definition) is 1. The van der Waals surface area contributed by atoms with Crippen molar-refractivity contribution in [1.29, 1.82) is 0 Å². The van der Waals surface area contributed by atoms with Gasteiger partial charge < -0.3 is 4.52 Å². The second-order valence-electron chi connectivity index (χ2n) is 5.52. The zero-order chi connectivity index (χ0) is 17.3. The number of aromatic nitrogens is 1. The van der Waals surface area contributed by atoms with Gasteiger partial charge in [-0.3, -0.25) is 0 Å². The minimum Gasteiger partial charge on any atom is -0.355 e. The molecular weight excluding hydrogens is 364 g/mol. The minimum absolute atomic E-state index is 0.286. The third kappa shape index (κ3) is 3.46. The van der Waals surface area contributed by atoms with Gasteiger partial charge >= 0.3 is 0 Å². The van der Waals surface area contributed by atoms with Crippen LogP contribution in [-0.4, -0.2) is 20.1 Å². The van der Waals surface area contributed by atoms with E-state index in [1.54, 1.807) is 23.5 Å². The third-order valence-electron chi connectivity index (χ3n) is 3.84. The van der Waals surface area contributed by atoms with Crippen molar-refractivity contribution >= 4 is 32.7 Å². The number of aryl methyl sites for hydroxylation is 2. The van der Waals surface area contributed by atoms with Crippen molar-refractivity contribution in [2.24, 2.45) is 0 Å². The molecular formula is C16H18N2O3S3. The van der Waals surface area contributed by atoms with Crippen LogP contribution in [0.3, 0.4) is 0 Å². The average molecular weight is 383 g/mol. The first-order chi connectivity index (χ1) is 11.4. The summed E-state index contributed by atoms with van der Waals surface area (Å²) in [6.07, 6.45) is 0.696. The Morgan fingerprint density at radius 2 is 2.00 bits per heavy atom. The van der Waals surface area contributed by atoms with Gasteiger partial charge in [0.25, 0.3) is 0 Å². The van der Waals surface area contributed by atoms with E-state index < -0.39 is 10.0 Å². The number of rotatable bonds is 6. The third-order valence-corrected chi connectivity index (χ3v) is 7.96. The van der Waals surface area contributed by atoms with E-state index >= 15 is 0 Å². The van der Waals surface area contributed by atoms with Gasteiger partial charge in [-0.1, -0.05) is 5.16 Å². The number of nitrogens with zero attached hydrogens (tertiary/aromatic N) is 1. The fourth-order valence-corrected chi connectivity index (χ4v) is 5.59. The van der Waals surface area contributed by atoms with Gasteiger partial charge in [-0.05, 0) is 56.3 Å². The van der Waals surface area contributed by atoms with Crippen molar-refractivity contribution in [2.45, 2.75) is 31.4 Å². The second-order valence-corrected chi connectivity index (χ2v) is 9.59. The van der Waals surface area contributed by atoms with Crippen molar-refractivity contribution in [2.75, 3.05) is 6.54 Å². The summed E-state index contributed by atoms with van der Waals surface area (Å²) in [6, 6.07) is 5.41. The maximum Gasteiger partial charge on any atom is 0.250 e. The van der Waals surface area contributed by atoms with Crippen LogP contribution < -0.4 is 4.72 Å². The first kappa shape index (κ1) is 17.3. The van der Waals surface area contributed by atoms with Gasteiger partial charge in [0.2, 0.25) is 10.0 Å². The van der Waals surface area contributed by atoms with E-state index in [1.165, 1.54) is 21.8 Å². The number of sulfonamides is 1. The Morgan fingerprint density at radius 3 is 2.62 bits per heavy atom. The first-order valence-corrected chi connectivity index (χ1v) is 10.6. The lowest BCUT2D eigenvalue weighted by Gasteiger charge is -2.04. The molecule has 24 heavy (non-hydrogen) atoms. The zero-order valence-electron chi connectivity index (χ0n) is 13.6. The Balaban J connectivity index is 1.71. The van der Waals surface area contributed by atoms with Gasteiger partial charge in [-0.15, -0.1) is 22.7 Å². The van der Waals surface area contributed by atoms with Crippen LogP contribution in [0.2, 0.25) is 0 Å². The highest BCUT2D eigenvalue weighted by molar-refractivity contribution is 7.91. The lowest BCUT2D eigenvalue weighted by molar-refractivity contribution is 0.427. The monoisotopic (exact) mass is 382 g/mol. The summed E-state index contributed by atoms with van der Waals surface area (Å²) in [4.78, 5) is 1.97. The molecule has 1 N–H and O–H groups in total. The normalized spacial score (nSPS) is 12.0. The summed E-state index contributed by atoms with van der Waals surface area (Å²) < 4.78 is 33.1. The molecule has 3 aromatic heterocycles. The minimum atomic E-state index is -3.51. The van der Waals surface area contributed by atoms with Gasteiger partial charge in [-0.25, -0.2) is 13.1 Å². The largest absolute Gasteiger partial charge is 0.355 e. The zero-order valence-corrected chi connectivity index (χ0v) is 16.1. The van der Waals surface area contributed by atoms with Crippen molar-refractivity contribution in [3.63, 3.8) is 0 Å². The molecule has 0 aliphatic carbocycles. The lowest BCUT2D eigenvalue weighted by Crippen LogP contribution is -2.25. The van der Waals surface area contributed by atoms with Crippen LogP contribution in [-0.2, 0) is 16.4 Å². The fourth-order valence-electron chi connectivity index (χ4n) is 2.26. The Bertz CT molecular complexity index is 951. The lowest BCUT2D eigenvalue weighted by atomic mass is 10.2. The van der Waals surface area contributed by atoms with Crippen LogP contribution in [0, 0.1) is 20.8 Å². The Labute approximate surface area is 149 Å². The van der Waals surface area contributed by atoms with Crippen LogP contribution in [0.4, 0.5) is 0 Å². The quantitative estimate of drug-likeness (QED) is 0.701. The molecule has 0 bridgehead atoms. The Morgan fingerprint density at radius 1 is 1.21 bits per heavy atom. The summed E-state index contributed by atoms with van der Waals surface area (Å²) in [5, 5.41) is 5.94. The second kappa shape index (κ2) is 6.79. The average Bonchev–Trinajstić information content (AvgIpc) is 3.23. The molecule has 0 unspecified atom stereocenters. The van der Waals surface area contributed by atoms with Crippen LogP contribution in [0.5, 0.6) is 0 Å². The Kier molecular flexibility index (Phi) is 4.91. The maximum atomic E-state index is 12.4. The smallest absolute Gasteiger partial charge is 0.250 e. The summed E-state index contributed by atoms with van der Waals surface area (Å²) >= 11 is 2.84. The van der Waals surface area contributed by atoms with Crippen molar-refractivity contribution in [1.82, 2.24) is 9.88 Å². The molecule has 5 nitrogen and oxygen atoms in total. The van der Waals surface area contributed by atoms with Crippen molar-refractivity contribution in [3.05, 3.63) is 45.3 Å². The van der Waals surface area contributed by atoms with Crippen LogP contribution >= 0.6 is 22.7 Å². The molecule has 0 saturated heterocycles. The van der Waals surface area contributed by atoms with Gasteiger partial charge in [0, 0.05) is 17.0 Å². The van der Waals surface area contributed by atoms with E-state index in [0.717, 1.165) is 16.1 Å². The summed E-state index contributed by atoms with van der Waals surface area (Å²) in [5.74, 6) is 0.633. The highest BCUT2D eigenvalue weighted by atomic mass is 32.2. The van der Waals surface area contributed by atoms with Gasteiger partial charge in [0.15, 0.2) is 5.76 Å². The van der Waals surface area contributed by atoms with Gasteiger partial charge in [0.05, 0.1) is 10.6 Å². The van der Waals surface area contributed by atoms with E-state index in [4.69, 9.17) is 4.52 Å². The molecule has 0 radical (unpaired) electrons. The number of thiophene rings is 2. The fraction of sp³-hybridized carbons (Fsp3) is 0.312. The number of hydrogen-bond acceptors (Lipinski definition) is 6. The SMILES string of the molecule is Cc1ccsc1CCNS(=O)(=O)c1ccc(-c2onc(C)c2C)s1. The van der Waals surface area contributed by atoms with Crippen molar-refractivity contribution < 1.29 is 12.9 Å². The summed E-state index contributed by atoms with van der Waals surface area (Å²) in [5.41, 5.74) is 2.95. The molecule has 8 heteroatoms. The van der Waals surface area contributed by atoms with E-state index in [-0.39, 0.29) is 4.21 Å². The highest BCUT2D eigenvalue weighted by Crippen LogP contribution is 2.33. The van der Waals surface area contributed by atoms with E-state index in [1.807, 2.05) is 32.2 Å². The molecule has 0 spiro atoms. The molecule has 0 fully saturated rings. The molecule has 128 valence electrons. The molecule has 3 heterocycles. The molecule has 0 aromatic carbocycles.